The van der Waals surface area contributed by atoms with Gasteiger partial charge in [-0.15, -0.1) is 0 Å². The van der Waals surface area contributed by atoms with Crippen molar-refractivity contribution in [2.75, 3.05) is 5.32 Å². The molecule has 146 valence electrons. The molecule has 4 nitrogen and oxygen atoms in total. The van der Waals surface area contributed by atoms with Gasteiger partial charge in [0.25, 0.3) is 0 Å². The molecule has 0 fully saturated rings. The SMILES string of the molecule is Cc1nn2c(c1-c1ccc(F)cc1)NC1=C(C(=O)C[C@@H](C)C1)[C@H]2c1ccccc1. The number of halogens is 1. The van der Waals surface area contributed by atoms with Gasteiger partial charge in [-0.3, -0.25) is 4.79 Å². The van der Waals surface area contributed by atoms with Crippen molar-refractivity contribution < 1.29 is 9.18 Å². The highest BCUT2D eigenvalue weighted by Gasteiger charge is 2.39. The van der Waals surface area contributed by atoms with Crippen molar-refractivity contribution >= 4 is 11.6 Å². The van der Waals surface area contributed by atoms with Crippen molar-refractivity contribution in [2.45, 2.75) is 32.7 Å². The average molecular weight is 387 g/mol. The highest BCUT2D eigenvalue weighted by molar-refractivity contribution is 6.00. The van der Waals surface area contributed by atoms with Crippen LogP contribution >= 0.6 is 0 Å². The number of nitrogens with one attached hydrogen (secondary N) is 1. The summed E-state index contributed by atoms with van der Waals surface area (Å²) in [7, 11) is 0. The van der Waals surface area contributed by atoms with E-state index in [2.05, 4.69) is 12.2 Å². The number of benzene rings is 2. The predicted octanol–water partition coefficient (Wildman–Crippen LogP) is 5.27. The van der Waals surface area contributed by atoms with Crippen LogP contribution in [0.1, 0.15) is 37.1 Å². The second-order valence-electron chi connectivity index (χ2n) is 8.03. The zero-order valence-corrected chi connectivity index (χ0v) is 16.4. The smallest absolute Gasteiger partial charge is 0.163 e. The first-order valence-corrected chi connectivity index (χ1v) is 9.96. The Hall–Kier alpha value is -3.21. The third-order valence-electron chi connectivity index (χ3n) is 5.83. The lowest BCUT2D eigenvalue weighted by atomic mass is 9.81. The first kappa shape index (κ1) is 17.9. The zero-order chi connectivity index (χ0) is 20.1. The summed E-state index contributed by atoms with van der Waals surface area (Å²) in [5.41, 5.74) is 5.54. The molecule has 0 radical (unpaired) electrons. The number of hydrogen-bond donors (Lipinski definition) is 1. The molecule has 0 saturated heterocycles. The number of carbonyl (C=O) groups excluding carboxylic acids is 1. The van der Waals surface area contributed by atoms with Gasteiger partial charge in [0.15, 0.2) is 5.78 Å². The molecule has 29 heavy (non-hydrogen) atoms. The summed E-state index contributed by atoms with van der Waals surface area (Å²) in [6, 6.07) is 16.3. The lowest BCUT2D eigenvalue weighted by Crippen LogP contribution is -2.33. The fourth-order valence-corrected chi connectivity index (χ4v) is 4.59. The van der Waals surface area contributed by atoms with Gasteiger partial charge in [-0.1, -0.05) is 49.4 Å². The maximum Gasteiger partial charge on any atom is 0.163 e. The van der Waals surface area contributed by atoms with Crippen LogP contribution < -0.4 is 5.32 Å². The highest BCUT2D eigenvalue weighted by atomic mass is 19.1. The highest BCUT2D eigenvalue weighted by Crippen LogP contribution is 2.45. The minimum atomic E-state index is -0.265. The quantitative estimate of drug-likeness (QED) is 0.652. The van der Waals surface area contributed by atoms with Gasteiger partial charge in [-0.05, 0) is 42.5 Å². The van der Waals surface area contributed by atoms with Crippen molar-refractivity contribution in [3.05, 3.63) is 82.9 Å². The summed E-state index contributed by atoms with van der Waals surface area (Å²) >= 11 is 0. The topological polar surface area (TPSA) is 46.9 Å². The fraction of sp³-hybridized carbons (Fsp3) is 0.250. The molecule has 0 bridgehead atoms. The largest absolute Gasteiger partial charge is 0.343 e. The Morgan fingerprint density at radius 3 is 2.52 bits per heavy atom. The van der Waals surface area contributed by atoms with Crippen LogP contribution in [0.2, 0.25) is 0 Å². The van der Waals surface area contributed by atoms with Gasteiger partial charge >= 0.3 is 0 Å². The summed E-state index contributed by atoms with van der Waals surface area (Å²) < 4.78 is 15.4. The summed E-state index contributed by atoms with van der Waals surface area (Å²) in [4.78, 5) is 13.1. The molecule has 0 unspecified atom stereocenters. The fourth-order valence-electron chi connectivity index (χ4n) is 4.59. The van der Waals surface area contributed by atoms with Crippen LogP contribution in [0, 0.1) is 18.7 Å². The number of fused-ring (bicyclic) bond motifs is 1. The molecule has 3 aromatic rings. The van der Waals surface area contributed by atoms with Crippen molar-refractivity contribution in [1.82, 2.24) is 9.78 Å². The molecule has 2 heterocycles. The lowest BCUT2D eigenvalue weighted by molar-refractivity contribution is -0.117. The van der Waals surface area contributed by atoms with Crippen molar-refractivity contribution in [1.29, 1.82) is 0 Å². The second-order valence-corrected chi connectivity index (χ2v) is 8.03. The van der Waals surface area contributed by atoms with E-state index in [0.717, 1.165) is 45.9 Å². The van der Waals surface area contributed by atoms with Gasteiger partial charge in [0.2, 0.25) is 0 Å². The molecule has 0 spiro atoms. The average Bonchev–Trinajstić information content (AvgIpc) is 3.03. The maximum atomic E-state index is 13.5. The normalized spacial score (nSPS) is 20.9. The molecular formula is C24H22FN3O. The molecule has 1 N–H and O–H groups in total. The second kappa shape index (κ2) is 6.69. The van der Waals surface area contributed by atoms with Crippen LogP contribution in [-0.2, 0) is 4.79 Å². The number of anilines is 1. The number of nitrogens with zero attached hydrogens (tertiary/aromatic N) is 2. The van der Waals surface area contributed by atoms with Crippen LogP contribution in [0.3, 0.4) is 0 Å². The number of allylic oxidation sites excluding steroid dienone is 2. The summed E-state index contributed by atoms with van der Waals surface area (Å²) in [5, 5.41) is 8.35. The van der Waals surface area contributed by atoms with E-state index in [0.29, 0.717) is 12.3 Å². The van der Waals surface area contributed by atoms with E-state index < -0.39 is 0 Å². The summed E-state index contributed by atoms with van der Waals surface area (Å²) in [6.07, 6.45) is 1.39. The van der Waals surface area contributed by atoms with E-state index >= 15 is 0 Å². The van der Waals surface area contributed by atoms with Crippen molar-refractivity contribution in [2.24, 2.45) is 5.92 Å². The predicted molar refractivity (Wildman–Crippen MR) is 111 cm³/mol. The third-order valence-corrected chi connectivity index (χ3v) is 5.83. The van der Waals surface area contributed by atoms with Crippen LogP contribution in [0.15, 0.2) is 65.9 Å². The van der Waals surface area contributed by atoms with Gasteiger partial charge in [-0.25, -0.2) is 9.07 Å². The standard InChI is InChI=1S/C24H22FN3O/c1-14-12-19-22(20(29)13-14)23(17-6-4-3-5-7-17)28-24(26-19)21(15(2)27-28)16-8-10-18(25)11-9-16/h3-11,14,23,26H,12-13H2,1-2H3/t14-,23+/m0/s1. The molecule has 1 aromatic heterocycles. The number of rotatable bonds is 2. The van der Waals surface area contributed by atoms with Crippen LogP contribution in [0.25, 0.3) is 11.1 Å². The maximum absolute atomic E-state index is 13.5. The molecule has 0 saturated carbocycles. The van der Waals surface area contributed by atoms with Gasteiger partial charge in [0, 0.05) is 23.3 Å². The Morgan fingerprint density at radius 2 is 1.79 bits per heavy atom. The van der Waals surface area contributed by atoms with E-state index in [9.17, 15) is 9.18 Å². The number of carbonyl (C=O) groups is 1. The minimum Gasteiger partial charge on any atom is -0.343 e. The van der Waals surface area contributed by atoms with E-state index in [1.165, 1.54) is 12.1 Å². The van der Waals surface area contributed by atoms with E-state index in [-0.39, 0.29) is 17.6 Å². The third kappa shape index (κ3) is 2.89. The molecule has 5 heteroatoms. The Labute approximate surface area is 169 Å². The van der Waals surface area contributed by atoms with Gasteiger partial charge in [-0.2, -0.15) is 5.10 Å². The zero-order valence-electron chi connectivity index (χ0n) is 16.4. The Morgan fingerprint density at radius 1 is 1.07 bits per heavy atom. The monoisotopic (exact) mass is 387 g/mol. The van der Waals surface area contributed by atoms with Crippen molar-refractivity contribution in [3.63, 3.8) is 0 Å². The molecule has 2 atom stereocenters. The summed E-state index contributed by atoms with van der Waals surface area (Å²) in [6.45, 7) is 4.07. The minimum absolute atomic E-state index is 0.183. The first-order valence-electron chi connectivity index (χ1n) is 9.96. The number of aryl methyl sites for hydroxylation is 1. The van der Waals surface area contributed by atoms with Gasteiger partial charge in [0.05, 0.1) is 5.69 Å². The van der Waals surface area contributed by atoms with E-state index in [4.69, 9.17) is 5.10 Å². The number of aromatic nitrogens is 2. The van der Waals surface area contributed by atoms with Gasteiger partial charge < -0.3 is 5.32 Å². The molecule has 5 rings (SSSR count). The summed E-state index contributed by atoms with van der Waals surface area (Å²) in [5.74, 6) is 1.08. The molecule has 2 aliphatic rings. The molecule has 0 amide bonds. The lowest BCUT2D eigenvalue weighted by Gasteiger charge is -2.35. The molecule has 1 aliphatic heterocycles. The first-order chi connectivity index (χ1) is 14.0. The van der Waals surface area contributed by atoms with E-state index in [1.807, 2.05) is 41.9 Å². The number of Topliss-reactive ketones (excluding diaryl/α,β-unsaturated/α-hetero) is 1. The Kier molecular flexibility index (Phi) is 4.12. The molecule has 2 aromatic carbocycles. The van der Waals surface area contributed by atoms with Crippen LogP contribution in [-0.4, -0.2) is 15.6 Å². The van der Waals surface area contributed by atoms with Crippen molar-refractivity contribution in [3.8, 4) is 11.1 Å². The Bertz CT molecular complexity index is 1130. The van der Waals surface area contributed by atoms with Crippen LogP contribution in [0.4, 0.5) is 10.2 Å². The van der Waals surface area contributed by atoms with Gasteiger partial charge in [0.1, 0.15) is 17.7 Å². The number of hydrogen-bond acceptors (Lipinski definition) is 3. The van der Waals surface area contributed by atoms with Crippen LogP contribution in [0.5, 0.6) is 0 Å². The number of ketones is 1. The Balaban J connectivity index is 1.74. The molecule has 1 aliphatic carbocycles. The van der Waals surface area contributed by atoms with E-state index in [1.54, 1.807) is 12.1 Å². The molecular weight excluding hydrogens is 365 g/mol.